The summed E-state index contributed by atoms with van der Waals surface area (Å²) in [6.45, 7) is 3.41. The summed E-state index contributed by atoms with van der Waals surface area (Å²) in [7, 11) is -3.75. The first-order valence-corrected chi connectivity index (χ1v) is 7.34. The molecule has 3 N–H and O–H groups in total. The Morgan fingerprint density at radius 1 is 1.55 bits per heavy atom. The summed E-state index contributed by atoms with van der Waals surface area (Å²) in [6.07, 6.45) is -0.774. The summed E-state index contributed by atoms with van der Waals surface area (Å²) >= 11 is 0. The van der Waals surface area contributed by atoms with E-state index in [2.05, 4.69) is 10.3 Å². The van der Waals surface area contributed by atoms with Gasteiger partial charge in [-0.2, -0.15) is 4.31 Å². The minimum atomic E-state index is -3.75. The average Bonchev–Trinajstić information content (AvgIpc) is 2.78. The largest absolute Gasteiger partial charge is 0.409 e. The van der Waals surface area contributed by atoms with Crippen molar-refractivity contribution in [3.63, 3.8) is 0 Å². The van der Waals surface area contributed by atoms with E-state index in [4.69, 9.17) is 20.2 Å². The Morgan fingerprint density at radius 3 is 2.80 bits per heavy atom. The van der Waals surface area contributed by atoms with E-state index in [9.17, 15) is 8.42 Å². The van der Waals surface area contributed by atoms with Crippen molar-refractivity contribution in [3.05, 3.63) is 11.5 Å². The van der Waals surface area contributed by atoms with E-state index in [0.717, 1.165) is 0 Å². The Bertz CT molecular complexity index is 604. The highest BCUT2D eigenvalue weighted by Crippen LogP contribution is 2.24. The number of aryl methyl sites for hydroxylation is 2. The maximum Gasteiger partial charge on any atom is 0.248 e. The minimum Gasteiger partial charge on any atom is -0.409 e. The van der Waals surface area contributed by atoms with Crippen molar-refractivity contribution in [1.29, 1.82) is 0 Å². The third kappa shape index (κ3) is 2.49. The number of rotatable bonds is 3. The van der Waals surface area contributed by atoms with Crippen molar-refractivity contribution < 1.29 is 22.9 Å². The summed E-state index contributed by atoms with van der Waals surface area (Å²) in [5, 5.41) is 15.1. The third-order valence-corrected chi connectivity index (χ3v) is 5.15. The summed E-state index contributed by atoms with van der Waals surface area (Å²) in [6, 6.07) is 0. The van der Waals surface area contributed by atoms with Crippen molar-refractivity contribution >= 4 is 15.9 Å². The van der Waals surface area contributed by atoms with E-state index in [0.29, 0.717) is 5.69 Å². The van der Waals surface area contributed by atoms with E-state index >= 15 is 0 Å². The maximum atomic E-state index is 12.6. The monoisotopic (exact) mass is 304 g/mol. The number of amidine groups is 1. The Hall–Kier alpha value is -1.65. The summed E-state index contributed by atoms with van der Waals surface area (Å²) in [4.78, 5) is 0.0534. The van der Waals surface area contributed by atoms with Gasteiger partial charge in [-0.25, -0.2) is 8.42 Å². The number of hydrogen-bond acceptors (Lipinski definition) is 7. The number of ether oxygens (including phenoxy) is 1. The fraction of sp³-hybridized carbons (Fsp3) is 0.600. The topological polar surface area (TPSA) is 131 Å². The molecule has 112 valence electrons. The molecule has 1 atom stereocenters. The van der Waals surface area contributed by atoms with Crippen LogP contribution in [-0.2, 0) is 14.8 Å². The van der Waals surface area contributed by atoms with Crippen molar-refractivity contribution in [2.24, 2.45) is 10.9 Å². The van der Waals surface area contributed by atoms with Crippen molar-refractivity contribution in [3.8, 4) is 0 Å². The zero-order chi connectivity index (χ0) is 14.9. The van der Waals surface area contributed by atoms with Crippen LogP contribution >= 0.6 is 0 Å². The van der Waals surface area contributed by atoms with Gasteiger partial charge in [-0.1, -0.05) is 10.3 Å². The van der Waals surface area contributed by atoms with Gasteiger partial charge in [0, 0.05) is 13.1 Å². The number of nitrogens with zero attached hydrogens (tertiary/aromatic N) is 3. The lowest BCUT2D eigenvalue weighted by atomic mass is 10.3. The van der Waals surface area contributed by atoms with Crippen LogP contribution in [0, 0.1) is 13.8 Å². The molecule has 1 fully saturated rings. The van der Waals surface area contributed by atoms with Crippen LogP contribution in [0.5, 0.6) is 0 Å². The third-order valence-electron chi connectivity index (χ3n) is 3.04. The molecule has 0 saturated carbocycles. The molecule has 1 aromatic rings. The van der Waals surface area contributed by atoms with Gasteiger partial charge in [-0.05, 0) is 13.8 Å². The summed E-state index contributed by atoms with van der Waals surface area (Å²) in [5.74, 6) is 0.0676. The molecule has 1 aliphatic rings. The predicted octanol–water partition coefficient (Wildman–Crippen LogP) is -0.573. The predicted molar refractivity (Wildman–Crippen MR) is 67.9 cm³/mol. The van der Waals surface area contributed by atoms with E-state index in [1.807, 2.05) is 0 Å². The molecule has 1 saturated heterocycles. The van der Waals surface area contributed by atoms with Crippen molar-refractivity contribution in [2.45, 2.75) is 24.8 Å². The smallest absolute Gasteiger partial charge is 0.248 e. The van der Waals surface area contributed by atoms with Crippen LogP contribution in [0.25, 0.3) is 0 Å². The molecule has 20 heavy (non-hydrogen) atoms. The van der Waals surface area contributed by atoms with Gasteiger partial charge in [0.2, 0.25) is 10.0 Å². The molecular formula is C10H16N4O5S. The van der Waals surface area contributed by atoms with Crippen LogP contribution in [0.1, 0.15) is 11.5 Å². The van der Waals surface area contributed by atoms with Gasteiger partial charge < -0.3 is 20.2 Å². The number of oxime groups is 1. The SMILES string of the molecule is Cc1noc(C)c1S(=O)(=O)N1CCOC(C(N)=NO)C1. The number of aromatic nitrogens is 1. The van der Waals surface area contributed by atoms with Gasteiger partial charge in [0.1, 0.15) is 16.7 Å². The van der Waals surface area contributed by atoms with Crippen LogP contribution < -0.4 is 5.73 Å². The highest BCUT2D eigenvalue weighted by Gasteiger charge is 2.36. The number of morpholine rings is 1. The molecule has 0 spiro atoms. The molecule has 10 heteroatoms. The Labute approximate surface area is 116 Å². The van der Waals surface area contributed by atoms with E-state index in [1.54, 1.807) is 6.92 Å². The molecule has 2 rings (SSSR count). The summed E-state index contributed by atoms with van der Waals surface area (Å²) < 4.78 is 36.5. The van der Waals surface area contributed by atoms with Gasteiger partial charge in [-0.15, -0.1) is 0 Å². The first-order valence-electron chi connectivity index (χ1n) is 5.90. The molecule has 1 unspecified atom stereocenters. The molecular weight excluding hydrogens is 288 g/mol. The number of hydrogen-bond donors (Lipinski definition) is 2. The fourth-order valence-electron chi connectivity index (χ4n) is 2.06. The lowest BCUT2D eigenvalue weighted by molar-refractivity contribution is 0.0354. The van der Waals surface area contributed by atoms with Gasteiger partial charge in [0.05, 0.1) is 6.61 Å². The van der Waals surface area contributed by atoms with Crippen molar-refractivity contribution in [2.75, 3.05) is 19.7 Å². The molecule has 0 bridgehead atoms. The van der Waals surface area contributed by atoms with Crippen LogP contribution in [0.2, 0.25) is 0 Å². The van der Waals surface area contributed by atoms with Gasteiger partial charge in [0.25, 0.3) is 0 Å². The molecule has 9 nitrogen and oxygen atoms in total. The lowest BCUT2D eigenvalue weighted by Crippen LogP contribution is -2.50. The normalized spacial score (nSPS) is 22.1. The van der Waals surface area contributed by atoms with Gasteiger partial charge >= 0.3 is 0 Å². The molecule has 0 amide bonds. The highest BCUT2D eigenvalue weighted by atomic mass is 32.2. The number of nitrogens with two attached hydrogens (primary N) is 1. The second-order valence-electron chi connectivity index (χ2n) is 4.40. The lowest BCUT2D eigenvalue weighted by Gasteiger charge is -2.31. The summed E-state index contributed by atoms with van der Waals surface area (Å²) in [5.41, 5.74) is 5.75. The van der Waals surface area contributed by atoms with E-state index in [1.165, 1.54) is 11.2 Å². The molecule has 1 aromatic heterocycles. The molecule has 0 radical (unpaired) electrons. The zero-order valence-corrected chi connectivity index (χ0v) is 11.9. The second kappa shape index (κ2) is 5.38. The highest BCUT2D eigenvalue weighted by molar-refractivity contribution is 7.89. The van der Waals surface area contributed by atoms with E-state index in [-0.39, 0.29) is 36.2 Å². The zero-order valence-electron chi connectivity index (χ0n) is 11.1. The minimum absolute atomic E-state index is 0.0255. The fourth-order valence-corrected chi connectivity index (χ4v) is 3.78. The van der Waals surface area contributed by atoms with Crippen LogP contribution in [0.3, 0.4) is 0 Å². The molecule has 1 aliphatic heterocycles. The first-order chi connectivity index (χ1) is 9.37. The van der Waals surface area contributed by atoms with Gasteiger partial charge in [-0.3, -0.25) is 0 Å². The van der Waals surface area contributed by atoms with Crippen LogP contribution in [-0.4, -0.2) is 54.7 Å². The molecule has 0 aliphatic carbocycles. The van der Waals surface area contributed by atoms with Gasteiger partial charge in [0.15, 0.2) is 11.6 Å². The average molecular weight is 304 g/mol. The number of sulfonamides is 1. The second-order valence-corrected chi connectivity index (χ2v) is 6.28. The molecule has 2 heterocycles. The Balaban J connectivity index is 2.31. The quantitative estimate of drug-likeness (QED) is 0.331. The van der Waals surface area contributed by atoms with Crippen molar-refractivity contribution in [1.82, 2.24) is 9.46 Å². The standard InChI is InChI=1S/C10H16N4O5S/c1-6-9(7(2)19-13-6)20(16,17)14-3-4-18-8(5-14)10(11)12-15/h8,15H,3-5H2,1-2H3,(H2,11,12). The Kier molecular flexibility index (Phi) is 3.97. The Morgan fingerprint density at radius 2 is 2.25 bits per heavy atom. The van der Waals surface area contributed by atoms with Crippen LogP contribution in [0.15, 0.2) is 14.6 Å². The maximum absolute atomic E-state index is 12.6. The first kappa shape index (κ1) is 14.8. The van der Waals surface area contributed by atoms with E-state index < -0.39 is 16.1 Å². The molecule has 0 aromatic carbocycles. The van der Waals surface area contributed by atoms with Crippen LogP contribution in [0.4, 0.5) is 0 Å².